The Hall–Kier alpha value is -1.95. The molecule has 0 N–H and O–H groups in total. The number of aryl methyl sites for hydroxylation is 1. The van der Waals surface area contributed by atoms with Gasteiger partial charge in [0.25, 0.3) is 0 Å². The predicted molar refractivity (Wildman–Crippen MR) is 91.7 cm³/mol. The number of anilines is 1. The van der Waals surface area contributed by atoms with E-state index in [-0.39, 0.29) is 0 Å². The van der Waals surface area contributed by atoms with E-state index >= 15 is 0 Å². The van der Waals surface area contributed by atoms with Crippen LogP contribution >= 0.6 is 0 Å². The Morgan fingerprint density at radius 1 is 1.04 bits per heavy atom. The molecule has 2 aromatic heterocycles. The molecule has 2 aliphatic heterocycles. The molecule has 0 spiro atoms. The second-order valence-corrected chi connectivity index (χ2v) is 7.73. The van der Waals surface area contributed by atoms with Crippen LogP contribution in [0.1, 0.15) is 30.1 Å². The molecule has 2 aromatic rings. The van der Waals surface area contributed by atoms with E-state index in [9.17, 15) is 0 Å². The summed E-state index contributed by atoms with van der Waals surface area (Å²) < 4.78 is 2.03. The van der Waals surface area contributed by atoms with Gasteiger partial charge in [-0.05, 0) is 24.7 Å². The zero-order valence-electron chi connectivity index (χ0n) is 14.2. The molecule has 2 unspecified atom stereocenters. The summed E-state index contributed by atoms with van der Waals surface area (Å²) in [5.41, 5.74) is 2.42. The Kier molecular flexibility index (Phi) is 3.33. The lowest BCUT2D eigenvalue weighted by molar-refractivity contribution is 0.305. The minimum Gasteiger partial charge on any atom is -0.356 e. The van der Waals surface area contributed by atoms with E-state index in [0.717, 1.165) is 37.3 Å². The standard InChI is InChI=1S/C18H24N6/c1-22-9-16(21-12-22)10-23-5-14-7-24(8-15(14)6-23)18-4-17(13-2-3-13)19-11-20-18/h4,9,11-15H,2-3,5-8,10H2,1H3. The first-order valence-corrected chi connectivity index (χ1v) is 9.00. The molecule has 4 heterocycles. The number of aromatic nitrogens is 4. The fourth-order valence-electron chi connectivity index (χ4n) is 4.32. The van der Waals surface area contributed by atoms with Crippen LogP contribution in [0.2, 0.25) is 0 Å². The van der Waals surface area contributed by atoms with Gasteiger partial charge >= 0.3 is 0 Å². The molecule has 1 aliphatic carbocycles. The van der Waals surface area contributed by atoms with E-state index < -0.39 is 0 Å². The number of imidazole rings is 1. The van der Waals surface area contributed by atoms with Gasteiger partial charge in [0.05, 0.1) is 12.0 Å². The molecule has 5 rings (SSSR count). The average molecular weight is 324 g/mol. The maximum atomic E-state index is 4.54. The van der Waals surface area contributed by atoms with Gasteiger partial charge in [0.15, 0.2) is 0 Å². The van der Waals surface area contributed by atoms with Crippen LogP contribution in [0.15, 0.2) is 24.9 Å². The summed E-state index contributed by atoms with van der Waals surface area (Å²) in [6.45, 7) is 5.60. The first kappa shape index (κ1) is 14.4. The molecule has 0 amide bonds. The molecule has 6 nitrogen and oxygen atoms in total. The van der Waals surface area contributed by atoms with Crippen LogP contribution in [0.25, 0.3) is 0 Å². The fraction of sp³-hybridized carbons (Fsp3) is 0.611. The van der Waals surface area contributed by atoms with E-state index in [1.165, 1.54) is 37.3 Å². The Bertz CT molecular complexity index is 723. The van der Waals surface area contributed by atoms with Crippen molar-refractivity contribution in [1.29, 1.82) is 0 Å². The molecule has 2 saturated heterocycles. The molecule has 24 heavy (non-hydrogen) atoms. The Morgan fingerprint density at radius 2 is 1.83 bits per heavy atom. The van der Waals surface area contributed by atoms with Gasteiger partial charge in [-0.2, -0.15) is 0 Å². The lowest BCUT2D eigenvalue weighted by Crippen LogP contribution is -2.29. The number of hydrogen-bond donors (Lipinski definition) is 0. The summed E-state index contributed by atoms with van der Waals surface area (Å²) in [4.78, 5) is 18.5. The second kappa shape index (κ2) is 5.55. The van der Waals surface area contributed by atoms with Crippen molar-refractivity contribution in [2.24, 2.45) is 18.9 Å². The maximum absolute atomic E-state index is 4.54. The highest BCUT2D eigenvalue weighted by Crippen LogP contribution is 2.40. The summed E-state index contributed by atoms with van der Waals surface area (Å²) in [5.74, 6) is 3.35. The summed E-state index contributed by atoms with van der Waals surface area (Å²) in [5, 5.41) is 0. The Labute approximate surface area is 142 Å². The Balaban J connectivity index is 1.22. The SMILES string of the molecule is Cn1cnc(CN2CC3CN(c4cc(C5CC5)ncn4)CC3C2)c1. The van der Waals surface area contributed by atoms with Crippen molar-refractivity contribution in [3.8, 4) is 0 Å². The molecule has 0 aromatic carbocycles. The summed E-state index contributed by atoms with van der Waals surface area (Å²) >= 11 is 0. The highest BCUT2D eigenvalue weighted by Gasteiger charge is 2.40. The van der Waals surface area contributed by atoms with Gasteiger partial charge in [0, 0.05) is 63.6 Å². The third-order valence-electron chi connectivity index (χ3n) is 5.70. The van der Waals surface area contributed by atoms with Gasteiger partial charge in [-0.3, -0.25) is 4.90 Å². The molecular weight excluding hydrogens is 300 g/mol. The van der Waals surface area contributed by atoms with Crippen LogP contribution < -0.4 is 4.90 Å². The quantitative estimate of drug-likeness (QED) is 0.856. The smallest absolute Gasteiger partial charge is 0.132 e. The number of rotatable bonds is 4. The topological polar surface area (TPSA) is 50.1 Å². The first-order valence-electron chi connectivity index (χ1n) is 9.00. The number of likely N-dealkylation sites (tertiary alicyclic amines) is 1. The molecule has 0 radical (unpaired) electrons. The van der Waals surface area contributed by atoms with Crippen LogP contribution in [0.3, 0.4) is 0 Å². The lowest BCUT2D eigenvalue weighted by Gasteiger charge is -2.22. The van der Waals surface area contributed by atoms with Crippen LogP contribution in [-0.4, -0.2) is 50.6 Å². The normalized spacial score (nSPS) is 27.0. The van der Waals surface area contributed by atoms with Gasteiger partial charge in [0.1, 0.15) is 12.1 Å². The van der Waals surface area contributed by atoms with E-state index in [1.807, 2.05) is 17.9 Å². The summed E-state index contributed by atoms with van der Waals surface area (Å²) in [6.07, 6.45) is 8.36. The van der Waals surface area contributed by atoms with E-state index in [0.29, 0.717) is 5.92 Å². The highest BCUT2D eigenvalue weighted by molar-refractivity contribution is 5.42. The van der Waals surface area contributed by atoms with Crippen molar-refractivity contribution in [2.75, 3.05) is 31.1 Å². The molecule has 0 bridgehead atoms. The minimum absolute atomic E-state index is 0.697. The minimum atomic E-state index is 0.697. The van der Waals surface area contributed by atoms with Crippen molar-refractivity contribution < 1.29 is 0 Å². The zero-order chi connectivity index (χ0) is 16.1. The molecular formula is C18H24N6. The van der Waals surface area contributed by atoms with E-state index in [1.54, 1.807) is 6.33 Å². The maximum Gasteiger partial charge on any atom is 0.132 e. The van der Waals surface area contributed by atoms with Gasteiger partial charge in [-0.25, -0.2) is 15.0 Å². The zero-order valence-corrected chi connectivity index (χ0v) is 14.2. The van der Waals surface area contributed by atoms with Crippen molar-refractivity contribution in [1.82, 2.24) is 24.4 Å². The van der Waals surface area contributed by atoms with Crippen LogP contribution in [-0.2, 0) is 13.6 Å². The fourth-order valence-corrected chi connectivity index (χ4v) is 4.32. The van der Waals surface area contributed by atoms with Gasteiger partial charge in [0.2, 0.25) is 0 Å². The predicted octanol–water partition coefficient (Wildman–Crippen LogP) is 1.66. The van der Waals surface area contributed by atoms with Gasteiger partial charge < -0.3 is 9.47 Å². The number of nitrogens with zero attached hydrogens (tertiary/aromatic N) is 6. The summed E-state index contributed by atoms with van der Waals surface area (Å²) in [6, 6.07) is 2.23. The van der Waals surface area contributed by atoms with Crippen molar-refractivity contribution in [3.05, 3.63) is 36.3 Å². The molecule has 3 fully saturated rings. The second-order valence-electron chi connectivity index (χ2n) is 7.73. The molecule has 6 heteroatoms. The third-order valence-corrected chi connectivity index (χ3v) is 5.70. The van der Waals surface area contributed by atoms with Crippen molar-refractivity contribution in [2.45, 2.75) is 25.3 Å². The summed E-state index contributed by atoms with van der Waals surface area (Å²) in [7, 11) is 2.03. The molecule has 126 valence electrons. The third kappa shape index (κ3) is 2.69. The Morgan fingerprint density at radius 3 is 2.50 bits per heavy atom. The first-order chi connectivity index (χ1) is 11.7. The lowest BCUT2D eigenvalue weighted by atomic mass is 10.0. The number of fused-ring (bicyclic) bond motifs is 1. The molecule has 2 atom stereocenters. The highest BCUT2D eigenvalue weighted by atomic mass is 15.3. The largest absolute Gasteiger partial charge is 0.356 e. The van der Waals surface area contributed by atoms with E-state index in [2.05, 4.69) is 37.0 Å². The van der Waals surface area contributed by atoms with Crippen molar-refractivity contribution >= 4 is 5.82 Å². The number of hydrogen-bond acceptors (Lipinski definition) is 5. The van der Waals surface area contributed by atoms with Gasteiger partial charge in [-0.15, -0.1) is 0 Å². The van der Waals surface area contributed by atoms with E-state index in [4.69, 9.17) is 0 Å². The van der Waals surface area contributed by atoms with Crippen LogP contribution in [0.4, 0.5) is 5.82 Å². The molecule has 1 saturated carbocycles. The van der Waals surface area contributed by atoms with Crippen LogP contribution in [0, 0.1) is 11.8 Å². The van der Waals surface area contributed by atoms with Crippen LogP contribution in [0.5, 0.6) is 0 Å². The monoisotopic (exact) mass is 324 g/mol. The average Bonchev–Trinajstić information content (AvgIpc) is 3.09. The van der Waals surface area contributed by atoms with Crippen molar-refractivity contribution in [3.63, 3.8) is 0 Å². The molecule has 3 aliphatic rings. The van der Waals surface area contributed by atoms with Gasteiger partial charge in [-0.1, -0.05) is 0 Å².